The molecule has 6 heteroatoms. The summed E-state index contributed by atoms with van der Waals surface area (Å²) in [5.41, 5.74) is 1.21. The van der Waals surface area contributed by atoms with Crippen LogP contribution in [0.15, 0.2) is 34.7 Å². The second kappa shape index (κ2) is 7.89. The molecule has 0 saturated carbocycles. The van der Waals surface area contributed by atoms with Gasteiger partial charge < -0.3 is 14.6 Å². The van der Waals surface area contributed by atoms with Gasteiger partial charge in [-0.2, -0.15) is 0 Å². The molecule has 6 nitrogen and oxygen atoms in total. The molecule has 1 N–H and O–H groups in total. The molecule has 2 heterocycles. The summed E-state index contributed by atoms with van der Waals surface area (Å²) in [6.45, 7) is 8.37. The minimum atomic E-state index is -0.0343. The van der Waals surface area contributed by atoms with Crippen molar-refractivity contribution < 1.29 is 9.21 Å². The lowest BCUT2D eigenvalue weighted by Crippen LogP contribution is -2.44. The van der Waals surface area contributed by atoms with Gasteiger partial charge in [0.1, 0.15) is 0 Å². The zero-order valence-corrected chi connectivity index (χ0v) is 15.9. The first-order valence-electron chi connectivity index (χ1n) is 9.30. The molecule has 1 saturated heterocycles. The van der Waals surface area contributed by atoms with Gasteiger partial charge in [-0.1, -0.05) is 51.1 Å². The Labute approximate surface area is 155 Å². The Balaban J connectivity index is 1.56. The fourth-order valence-electron chi connectivity index (χ4n) is 3.21. The van der Waals surface area contributed by atoms with Crippen molar-refractivity contribution in [2.75, 3.05) is 13.1 Å². The van der Waals surface area contributed by atoms with Crippen molar-refractivity contribution in [1.29, 1.82) is 0 Å². The second-order valence-corrected chi connectivity index (χ2v) is 8.20. The average molecular weight is 356 g/mol. The van der Waals surface area contributed by atoms with Gasteiger partial charge in [0.25, 0.3) is 0 Å². The normalized spacial score (nSPS) is 18.0. The predicted octanol–water partition coefficient (Wildman–Crippen LogP) is 3.75. The van der Waals surface area contributed by atoms with Crippen LogP contribution in [0.4, 0.5) is 4.79 Å². The average Bonchev–Trinajstić information content (AvgIpc) is 3.07. The predicted molar refractivity (Wildman–Crippen MR) is 99.7 cm³/mol. The smallest absolute Gasteiger partial charge is 0.317 e. The van der Waals surface area contributed by atoms with E-state index < -0.39 is 0 Å². The van der Waals surface area contributed by atoms with E-state index in [1.807, 2.05) is 35.2 Å². The molecule has 1 aliphatic rings. The maximum absolute atomic E-state index is 12.5. The number of nitrogens with one attached hydrogen (secondary N) is 1. The van der Waals surface area contributed by atoms with Gasteiger partial charge in [0.2, 0.25) is 11.8 Å². The van der Waals surface area contributed by atoms with E-state index in [0.29, 0.717) is 24.9 Å². The number of hydrogen-bond donors (Lipinski definition) is 1. The first-order chi connectivity index (χ1) is 12.4. The molecule has 0 bridgehead atoms. The largest absolute Gasteiger partial charge is 0.425 e. The topological polar surface area (TPSA) is 71.3 Å². The third-order valence-corrected chi connectivity index (χ3v) is 4.51. The molecule has 1 aromatic heterocycles. The van der Waals surface area contributed by atoms with Crippen molar-refractivity contribution >= 4 is 6.03 Å². The number of piperidine rings is 1. The van der Waals surface area contributed by atoms with E-state index in [9.17, 15) is 4.79 Å². The molecular weight excluding hydrogens is 328 g/mol. The number of carbonyl (C=O) groups is 1. The van der Waals surface area contributed by atoms with E-state index in [1.165, 1.54) is 0 Å². The molecule has 1 atom stereocenters. The van der Waals surface area contributed by atoms with E-state index in [-0.39, 0.29) is 17.4 Å². The standard InChI is InChI=1S/C20H28N4O2/c1-20(2,3)12-17-22-23-18(26-17)16-10-7-11-24(14-16)19(25)21-13-15-8-5-4-6-9-15/h4-6,8-9,16H,7,10-14H2,1-3H3,(H,21,25). The Hall–Kier alpha value is -2.37. The van der Waals surface area contributed by atoms with E-state index >= 15 is 0 Å². The van der Waals surface area contributed by atoms with Crippen LogP contribution in [0.1, 0.15) is 56.9 Å². The van der Waals surface area contributed by atoms with E-state index in [2.05, 4.69) is 36.3 Å². The number of benzene rings is 1. The summed E-state index contributed by atoms with van der Waals surface area (Å²) >= 11 is 0. The maximum Gasteiger partial charge on any atom is 0.317 e. The van der Waals surface area contributed by atoms with Crippen LogP contribution in [0.25, 0.3) is 0 Å². The van der Waals surface area contributed by atoms with E-state index in [0.717, 1.165) is 31.4 Å². The number of carbonyl (C=O) groups excluding carboxylic acids is 1. The van der Waals surface area contributed by atoms with E-state index in [4.69, 9.17) is 4.42 Å². The van der Waals surface area contributed by atoms with Crippen molar-refractivity contribution in [2.45, 2.75) is 52.5 Å². The zero-order chi connectivity index (χ0) is 18.6. The number of amides is 2. The third-order valence-electron chi connectivity index (χ3n) is 4.51. The number of nitrogens with zero attached hydrogens (tertiary/aromatic N) is 3. The molecule has 1 unspecified atom stereocenters. The van der Waals surface area contributed by atoms with Crippen molar-refractivity contribution in [3.63, 3.8) is 0 Å². The highest BCUT2D eigenvalue weighted by molar-refractivity contribution is 5.74. The number of aromatic nitrogens is 2. The lowest BCUT2D eigenvalue weighted by molar-refractivity contribution is 0.173. The van der Waals surface area contributed by atoms with Crippen LogP contribution in [0, 0.1) is 5.41 Å². The van der Waals surface area contributed by atoms with Crippen LogP contribution < -0.4 is 5.32 Å². The number of hydrogen-bond acceptors (Lipinski definition) is 4. The number of rotatable bonds is 4. The summed E-state index contributed by atoms with van der Waals surface area (Å²) in [6, 6.07) is 9.90. The Kier molecular flexibility index (Phi) is 5.59. The zero-order valence-electron chi connectivity index (χ0n) is 15.9. The van der Waals surface area contributed by atoms with Crippen molar-refractivity contribution in [1.82, 2.24) is 20.4 Å². The van der Waals surface area contributed by atoms with Crippen LogP contribution >= 0.6 is 0 Å². The fraction of sp³-hybridized carbons (Fsp3) is 0.550. The Morgan fingerprint density at radius 2 is 2.04 bits per heavy atom. The molecule has 0 spiro atoms. The molecule has 1 aliphatic heterocycles. The summed E-state index contributed by atoms with van der Waals surface area (Å²) in [6.07, 6.45) is 2.67. The lowest BCUT2D eigenvalue weighted by Gasteiger charge is -2.31. The highest BCUT2D eigenvalue weighted by Crippen LogP contribution is 2.27. The van der Waals surface area contributed by atoms with Gasteiger partial charge in [-0.05, 0) is 23.8 Å². The van der Waals surface area contributed by atoms with Gasteiger partial charge in [0, 0.05) is 26.1 Å². The molecule has 26 heavy (non-hydrogen) atoms. The van der Waals surface area contributed by atoms with E-state index in [1.54, 1.807) is 0 Å². The van der Waals surface area contributed by atoms with Crippen LogP contribution in [0.2, 0.25) is 0 Å². The second-order valence-electron chi connectivity index (χ2n) is 8.20. The third kappa shape index (κ3) is 5.07. The summed E-state index contributed by atoms with van der Waals surface area (Å²) in [7, 11) is 0. The van der Waals surface area contributed by atoms with Crippen LogP contribution in [0.3, 0.4) is 0 Å². The highest BCUT2D eigenvalue weighted by atomic mass is 16.4. The molecular formula is C20H28N4O2. The monoisotopic (exact) mass is 356 g/mol. The lowest BCUT2D eigenvalue weighted by atomic mass is 9.92. The maximum atomic E-state index is 12.5. The van der Waals surface area contributed by atoms with Gasteiger partial charge in [-0.3, -0.25) is 0 Å². The fourth-order valence-corrected chi connectivity index (χ4v) is 3.21. The SMILES string of the molecule is CC(C)(C)Cc1nnc(C2CCCN(C(=O)NCc3ccccc3)C2)o1. The van der Waals surface area contributed by atoms with Gasteiger partial charge in [0.05, 0.1) is 5.92 Å². The summed E-state index contributed by atoms with van der Waals surface area (Å²) < 4.78 is 5.88. The highest BCUT2D eigenvalue weighted by Gasteiger charge is 2.28. The summed E-state index contributed by atoms with van der Waals surface area (Å²) in [4.78, 5) is 14.3. The number of urea groups is 1. The number of likely N-dealkylation sites (tertiary alicyclic amines) is 1. The van der Waals surface area contributed by atoms with Gasteiger partial charge >= 0.3 is 6.03 Å². The minimum absolute atomic E-state index is 0.0343. The molecule has 0 aliphatic carbocycles. The summed E-state index contributed by atoms with van der Waals surface area (Å²) in [5.74, 6) is 1.45. The van der Waals surface area contributed by atoms with Crippen LogP contribution in [0.5, 0.6) is 0 Å². The Bertz CT molecular complexity index is 721. The van der Waals surface area contributed by atoms with Crippen molar-refractivity contribution in [3.8, 4) is 0 Å². The van der Waals surface area contributed by atoms with Gasteiger partial charge in [0.15, 0.2) is 0 Å². The molecule has 2 aromatic rings. The van der Waals surface area contributed by atoms with Crippen LogP contribution in [-0.4, -0.2) is 34.2 Å². The van der Waals surface area contributed by atoms with Crippen molar-refractivity contribution in [2.24, 2.45) is 5.41 Å². The molecule has 1 fully saturated rings. The summed E-state index contributed by atoms with van der Waals surface area (Å²) in [5, 5.41) is 11.4. The molecule has 2 amide bonds. The first-order valence-corrected chi connectivity index (χ1v) is 9.30. The minimum Gasteiger partial charge on any atom is -0.425 e. The Morgan fingerprint density at radius 1 is 1.27 bits per heavy atom. The van der Waals surface area contributed by atoms with Gasteiger partial charge in [-0.25, -0.2) is 4.79 Å². The molecule has 140 valence electrons. The quantitative estimate of drug-likeness (QED) is 0.906. The molecule has 1 aromatic carbocycles. The molecule has 0 radical (unpaired) electrons. The van der Waals surface area contributed by atoms with Crippen molar-refractivity contribution in [3.05, 3.63) is 47.7 Å². The molecule has 3 rings (SSSR count). The first kappa shape index (κ1) is 18.4. The van der Waals surface area contributed by atoms with Gasteiger partial charge in [-0.15, -0.1) is 10.2 Å². The van der Waals surface area contributed by atoms with Crippen LogP contribution in [-0.2, 0) is 13.0 Å². The Morgan fingerprint density at radius 3 is 2.77 bits per heavy atom.